The molecule has 5 rings (SSSR count). The van der Waals surface area contributed by atoms with Gasteiger partial charge in [0.15, 0.2) is 5.82 Å². The molecule has 0 unspecified atom stereocenters. The average Bonchev–Trinajstić information content (AvgIpc) is 2.85. The van der Waals surface area contributed by atoms with Crippen molar-refractivity contribution in [1.82, 2.24) is 19.8 Å². The number of carbonyl (C=O) groups is 1. The van der Waals surface area contributed by atoms with Crippen LogP contribution in [0.3, 0.4) is 0 Å². The minimum atomic E-state index is -0.839. The summed E-state index contributed by atoms with van der Waals surface area (Å²) >= 11 is 6.57. The Bertz CT molecular complexity index is 1440. The van der Waals surface area contributed by atoms with Crippen LogP contribution in [0.4, 0.5) is 20.5 Å². The third kappa shape index (κ3) is 4.65. The molecule has 3 aromatic rings. The zero-order chi connectivity index (χ0) is 28.2. The number of amides is 1. The second-order valence-corrected chi connectivity index (χ2v) is 10.9. The highest BCUT2D eigenvalue weighted by atomic mass is 35.5. The number of nitrogens with zero attached hydrogens (tertiary/aromatic N) is 6. The van der Waals surface area contributed by atoms with Crippen molar-refractivity contribution in [2.45, 2.75) is 32.0 Å². The van der Waals surface area contributed by atoms with Crippen molar-refractivity contribution in [1.29, 1.82) is 0 Å². The highest BCUT2D eigenvalue weighted by Gasteiger charge is 2.36. The van der Waals surface area contributed by atoms with Gasteiger partial charge in [0.25, 0.3) is 0 Å². The van der Waals surface area contributed by atoms with Gasteiger partial charge in [-0.25, -0.2) is 13.8 Å². The molecule has 2 fully saturated rings. The predicted molar refractivity (Wildman–Crippen MR) is 149 cm³/mol. The van der Waals surface area contributed by atoms with E-state index in [0.717, 1.165) is 6.07 Å². The standard InChI is InChI=1S/C28H31ClF2N6O2/c1-6-22(39)36-11-16(3)37(12-15(36)2)27-18-10-19(29)23(24-20(30)8-7-9-21(24)38)25(31)26(18)32-28(33-27)35-13-17(14-35)34(4)5/h6-10,15-17,38H,1,11-14H2,2-5H3/t15-,16+/m0/s1. The van der Waals surface area contributed by atoms with E-state index in [0.29, 0.717) is 49.4 Å². The van der Waals surface area contributed by atoms with Gasteiger partial charge in [-0.1, -0.05) is 24.2 Å². The van der Waals surface area contributed by atoms with E-state index in [1.54, 1.807) is 4.90 Å². The van der Waals surface area contributed by atoms with Gasteiger partial charge in [0.2, 0.25) is 11.9 Å². The number of aromatic nitrogens is 2. The summed E-state index contributed by atoms with van der Waals surface area (Å²) in [4.78, 5) is 29.7. The van der Waals surface area contributed by atoms with Crippen molar-refractivity contribution in [3.63, 3.8) is 0 Å². The van der Waals surface area contributed by atoms with Crippen LogP contribution in [0, 0.1) is 11.6 Å². The van der Waals surface area contributed by atoms with Crippen LogP contribution in [0.2, 0.25) is 5.02 Å². The van der Waals surface area contributed by atoms with Crippen LogP contribution in [0.25, 0.3) is 22.0 Å². The second kappa shape index (κ2) is 10.2. The summed E-state index contributed by atoms with van der Waals surface area (Å²) in [6.45, 7) is 9.73. The Hall–Kier alpha value is -3.50. The number of halogens is 3. The smallest absolute Gasteiger partial charge is 0.246 e. The first-order chi connectivity index (χ1) is 18.5. The Kier molecular flexibility index (Phi) is 7.11. The molecule has 11 heteroatoms. The first kappa shape index (κ1) is 27.1. The third-order valence-electron chi connectivity index (χ3n) is 7.68. The van der Waals surface area contributed by atoms with Crippen LogP contribution in [0.5, 0.6) is 5.75 Å². The summed E-state index contributed by atoms with van der Waals surface area (Å²) in [7, 11) is 3.99. The van der Waals surface area contributed by atoms with Gasteiger partial charge >= 0.3 is 0 Å². The zero-order valence-electron chi connectivity index (χ0n) is 22.3. The zero-order valence-corrected chi connectivity index (χ0v) is 23.1. The first-order valence-corrected chi connectivity index (χ1v) is 13.2. The number of phenolic OH excluding ortho intramolecular Hbond substituents is 1. The van der Waals surface area contributed by atoms with Crippen LogP contribution >= 0.6 is 11.6 Å². The van der Waals surface area contributed by atoms with Gasteiger partial charge in [0.1, 0.15) is 22.9 Å². The van der Waals surface area contributed by atoms with E-state index in [1.807, 2.05) is 37.7 Å². The maximum atomic E-state index is 16.3. The fourth-order valence-corrected chi connectivity index (χ4v) is 5.60. The number of hydrogen-bond donors (Lipinski definition) is 1. The van der Waals surface area contributed by atoms with E-state index in [-0.39, 0.29) is 39.7 Å². The fraction of sp³-hybridized carbons (Fsp3) is 0.393. The van der Waals surface area contributed by atoms with Gasteiger partial charge in [0, 0.05) is 55.3 Å². The molecular weight excluding hydrogens is 526 g/mol. The molecule has 2 aliphatic rings. The van der Waals surface area contributed by atoms with Gasteiger partial charge in [-0.3, -0.25) is 4.79 Å². The molecule has 2 aliphatic heterocycles. The molecule has 0 aliphatic carbocycles. The third-order valence-corrected chi connectivity index (χ3v) is 7.98. The van der Waals surface area contributed by atoms with E-state index in [9.17, 15) is 14.3 Å². The SMILES string of the molecule is C=CC(=O)N1C[C@@H](C)N(c2nc(N3CC(N(C)C)C3)nc3c(F)c(-c4c(O)cccc4F)c(Cl)cc23)C[C@@H]1C. The lowest BCUT2D eigenvalue weighted by atomic mass is 10.00. The molecular formula is C28H31ClF2N6O2. The molecule has 0 bridgehead atoms. The van der Waals surface area contributed by atoms with Crippen molar-refractivity contribution >= 4 is 40.2 Å². The molecule has 206 valence electrons. The van der Waals surface area contributed by atoms with Crippen molar-refractivity contribution in [3.05, 3.63) is 53.6 Å². The minimum absolute atomic E-state index is 0.0187. The first-order valence-electron chi connectivity index (χ1n) is 12.8. The molecule has 1 amide bonds. The number of rotatable bonds is 5. The maximum Gasteiger partial charge on any atom is 0.246 e. The predicted octanol–water partition coefficient (Wildman–Crippen LogP) is 4.30. The van der Waals surface area contributed by atoms with Gasteiger partial charge < -0.3 is 24.7 Å². The van der Waals surface area contributed by atoms with Gasteiger partial charge in [-0.15, -0.1) is 0 Å². The number of fused-ring (bicyclic) bond motifs is 1. The summed E-state index contributed by atoms with van der Waals surface area (Å²) in [5, 5.41) is 10.7. The van der Waals surface area contributed by atoms with E-state index >= 15 is 4.39 Å². The quantitative estimate of drug-likeness (QED) is 0.470. The molecule has 2 aromatic carbocycles. The number of hydrogen-bond acceptors (Lipinski definition) is 7. The van der Waals surface area contributed by atoms with Gasteiger partial charge in [-0.05, 0) is 52.2 Å². The Balaban J connectivity index is 1.68. The van der Waals surface area contributed by atoms with Crippen molar-refractivity contribution in [2.24, 2.45) is 0 Å². The fourth-order valence-electron chi connectivity index (χ4n) is 5.31. The van der Waals surface area contributed by atoms with Gasteiger partial charge in [-0.2, -0.15) is 4.98 Å². The molecule has 39 heavy (non-hydrogen) atoms. The molecule has 0 spiro atoms. The molecule has 1 aromatic heterocycles. The molecule has 0 radical (unpaired) electrons. The lowest BCUT2D eigenvalue weighted by Gasteiger charge is -2.45. The second-order valence-electron chi connectivity index (χ2n) is 10.5. The Labute approximate surface area is 231 Å². The molecule has 0 saturated carbocycles. The van der Waals surface area contributed by atoms with E-state index in [1.165, 1.54) is 24.3 Å². The van der Waals surface area contributed by atoms with E-state index < -0.39 is 17.4 Å². The summed E-state index contributed by atoms with van der Waals surface area (Å²) in [6, 6.07) is 5.28. The molecule has 1 N–H and O–H groups in total. The number of anilines is 2. The number of phenols is 1. The number of carbonyl (C=O) groups excluding carboxylic acids is 1. The number of likely N-dealkylation sites (N-methyl/N-ethyl adjacent to an activating group) is 1. The summed E-state index contributed by atoms with van der Waals surface area (Å²) in [6.07, 6.45) is 1.30. The lowest BCUT2D eigenvalue weighted by Crippen LogP contribution is -2.59. The lowest BCUT2D eigenvalue weighted by molar-refractivity contribution is -0.128. The summed E-state index contributed by atoms with van der Waals surface area (Å²) < 4.78 is 31.1. The number of aromatic hydroxyl groups is 1. The van der Waals surface area contributed by atoms with Crippen LogP contribution in [-0.4, -0.2) is 89.2 Å². The molecule has 2 saturated heterocycles. The van der Waals surface area contributed by atoms with E-state index in [2.05, 4.69) is 16.5 Å². The Morgan fingerprint density at radius 2 is 1.85 bits per heavy atom. The highest BCUT2D eigenvalue weighted by molar-refractivity contribution is 6.34. The Morgan fingerprint density at radius 3 is 2.49 bits per heavy atom. The molecule has 8 nitrogen and oxygen atoms in total. The maximum absolute atomic E-state index is 16.3. The van der Waals surface area contributed by atoms with Crippen molar-refractivity contribution in [2.75, 3.05) is 50.1 Å². The van der Waals surface area contributed by atoms with Crippen LogP contribution < -0.4 is 9.80 Å². The topological polar surface area (TPSA) is 76.0 Å². The van der Waals surface area contributed by atoms with E-state index in [4.69, 9.17) is 16.6 Å². The number of piperazine rings is 1. The van der Waals surface area contributed by atoms with Crippen LogP contribution in [0.1, 0.15) is 13.8 Å². The minimum Gasteiger partial charge on any atom is -0.507 e. The van der Waals surface area contributed by atoms with Crippen LogP contribution in [-0.2, 0) is 4.79 Å². The summed E-state index contributed by atoms with van der Waals surface area (Å²) in [5.41, 5.74) is -0.596. The molecule has 2 atom stereocenters. The normalized spacial score (nSPS) is 20.1. The number of benzene rings is 2. The van der Waals surface area contributed by atoms with Gasteiger partial charge in [0.05, 0.1) is 10.6 Å². The highest BCUT2D eigenvalue weighted by Crippen LogP contribution is 2.43. The monoisotopic (exact) mass is 556 g/mol. The largest absolute Gasteiger partial charge is 0.507 e. The van der Waals surface area contributed by atoms with Crippen molar-refractivity contribution in [3.8, 4) is 16.9 Å². The Morgan fingerprint density at radius 1 is 1.13 bits per heavy atom. The van der Waals surface area contributed by atoms with Crippen molar-refractivity contribution < 1.29 is 18.7 Å². The molecule has 3 heterocycles. The average molecular weight is 557 g/mol. The van der Waals surface area contributed by atoms with Crippen LogP contribution in [0.15, 0.2) is 36.9 Å². The summed E-state index contributed by atoms with van der Waals surface area (Å²) in [5.74, 6) is -1.38.